The molecule has 2 nitrogen and oxygen atoms in total. The second-order valence-electron chi connectivity index (χ2n) is 1.29. The van der Waals surface area contributed by atoms with E-state index in [1.165, 1.54) is 13.0 Å². The highest BCUT2D eigenvalue weighted by Crippen LogP contribution is 2.03. The molecule has 0 heterocycles. The van der Waals surface area contributed by atoms with Crippen molar-refractivity contribution in [3.63, 3.8) is 0 Å². The van der Waals surface area contributed by atoms with Crippen molar-refractivity contribution in [1.29, 1.82) is 0 Å². The smallest absolute Gasteiger partial charge is 0.166 e. The lowest BCUT2D eigenvalue weighted by Crippen LogP contribution is -1.88. The summed E-state index contributed by atoms with van der Waals surface area (Å²) in [6, 6.07) is 0. The van der Waals surface area contributed by atoms with Gasteiger partial charge in [-0.1, -0.05) is 0 Å². The molecule has 0 atom stereocenters. The number of carbonyl (C=O) groups excluding carboxylic acids is 1. The Bertz CT molecular complexity index is 118. The van der Waals surface area contributed by atoms with E-state index in [2.05, 4.69) is 15.9 Å². The predicted octanol–water partition coefficient (Wildman–Crippen LogP) is 0.846. The van der Waals surface area contributed by atoms with E-state index in [9.17, 15) is 4.79 Å². The Hall–Kier alpha value is -0.150. The first kappa shape index (κ1) is 7.85. The Labute approximate surface area is 56.3 Å². The zero-order valence-electron chi connectivity index (χ0n) is 4.52. The molecule has 0 unspecified atom stereocenters. The van der Waals surface area contributed by atoms with Crippen LogP contribution in [0.1, 0.15) is 6.92 Å². The minimum absolute atomic E-state index is 0.0703. The van der Waals surface area contributed by atoms with Crippen molar-refractivity contribution in [2.24, 2.45) is 0 Å². The molecular formula is C5H7BrO2. The summed E-state index contributed by atoms with van der Waals surface area (Å²) in [6.07, 6.45) is 1.41. The summed E-state index contributed by atoms with van der Waals surface area (Å²) in [5.41, 5.74) is 0. The van der Waals surface area contributed by atoms with Gasteiger partial charge in [0, 0.05) is 0 Å². The number of ketones is 1. The number of hydrogen-bond acceptors (Lipinski definition) is 2. The third kappa shape index (κ3) is 2.93. The predicted molar refractivity (Wildman–Crippen MR) is 34.8 cm³/mol. The average molecular weight is 179 g/mol. The van der Waals surface area contributed by atoms with Crippen LogP contribution in [0.5, 0.6) is 0 Å². The van der Waals surface area contributed by atoms with Crippen LogP contribution in [0.2, 0.25) is 0 Å². The van der Waals surface area contributed by atoms with Gasteiger partial charge in [-0.3, -0.25) is 4.79 Å². The van der Waals surface area contributed by atoms with E-state index in [4.69, 9.17) is 5.11 Å². The van der Waals surface area contributed by atoms with Crippen LogP contribution < -0.4 is 0 Å². The third-order valence-electron chi connectivity index (χ3n) is 0.607. The van der Waals surface area contributed by atoms with Gasteiger partial charge < -0.3 is 5.11 Å². The lowest BCUT2D eigenvalue weighted by Gasteiger charge is -1.85. The first-order valence-corrected chi connectivity index (χ1v) is 2.95. The van der Waals surface area contributed by atoms with Crippen LogP contribution in [0, 0.1) is 0 Å². The Morgan fingerprint density at radius 1 is 1.88 bits per heavy atom. The van der Waals surface area contributed by atoms with E-state index in [-0.39, 0.29) is 12.4 Å². The summed E-state index contributed by atoms with van der Waals surface area (Å²) in [5, 5.41) is 8.23. The number of carbonyl (C=O) groups is 1. The lowest BCUT2D eigenvalue weighted by atomic mass is 10.4. The van der Waals surface area contributed by atoms with E-state index in [0.717, 1.165) is 0 Å². The second kappa shape index (κ2) is 3.80. The highest BCUT2D eigenvalue weighted by Gasteiger charge is 1.94. The van der Waals surface area contributed by atoms with E-state index in [1.807, 2.05) is 0 Å². The van der Waals surface area contributed by atoms with Gasteiger partial charge in [-0.05, 0) is 28.9 Å². The fourth-order valence-corrected chi connectivity index (χ4v) is 0.369. The molecule has 3 heteroatoms. The fraction of sp³-hybridized carbons (Fsp3) is 0.400. The maximum absolute atomic E-state index is 10.3. The standard InChI is InChI=1S/C5H7BrO2/c1-4(8)5(6)2-3-7/h2,7H,3H2,1H3. The maximum atomic E-state index is 10.3. The van der Waals surface area contributed by atoms with Crippen molar-refractivity contribution in [2.75, 3.05) is 6.61 Å². The number of hydrogen-bond donors (Lipinski definition) is 1. The summed E-state index contributed by atoms with van der Waals surface area (Å²) in [5.74, 6) is -0.0703. The first-order valence-electron chi connectivity index (χ1n) is 2.16. The van der Waals surface area contributed by atoms with Crippen molar-refractivity contribution in [3.8, 4) is 0 Å². The molecule has 0 spiro atoms. The zero-order valence-corrected chi connectivity index (χ0v) is 6.10. The number of aliphatic hydroxyl groups is 1. The number of halogens is 1. The minimum Gasteiger partial charge on any atom is -0.392 e. The van der Waals surface area contributed by atoms with Gasteiger partial charge in [-0.2, -0.15) is 0 Å². The van der Waals surface area contributed by atoms with Gasteiger partial charge in [0.2, 0.25) is 0 Å². The Morgan fingerprint density at radius 2 is 2.38 bits per heavy atom. The monoisotopic (exact) mass is 178 g/mol. The van der Waals surface area contributed by atoms with Gasteiger partial charge in [0.25, 0.3) is 0 Å². The molecular weight excluding hydrogens is 172 g/mol. The van der Waals surface area contributed by atoms with Gasteiger partial charge in [0.15, 0.2) is 5.78 Å². The van der Waals surface area contributed by atoms with Crippen LogP contribution in [0.4, 0.5) is 0 Å². The lowest BCUT2D eigenvalue weighted by molar-refractivity contribution is -0.112. The van der Waals surface area contributed by atoms with Gasteiger partial charge in [0.05, 0.1) is 11.1 Å². The summed E-state index contributed by atoms with van der Waals surface area (Å²) in [7, 11) is 0. The van der Waals surface area contributed by atoms with E-state index >= 15 is 0 Å². The van der Waals surface area contributed by atoms with E-state index in [1.54, 1.807) is 0 Å². The van der Waals surface area contributed by atoms with Crippen molar-refractivity contribution in [2.45, 2.75) is 6.92 Å². The van der Waals surface area contributed by atoms with Crippen molar-refractivity contribution >= 4 is 21.7 Å². The number of aliphatic hydroxyl groups excluding tert-OH is 1. The normalized spacial score (nSPS) is 11.6. The minimum atomic E-state index is -0.0971. The van der Waals surface area contributed by atoms with Gasteiger partial charge in [0.1, 0.15) is 0 Å². The van der Waals surface area contributed by atoms with Crippen molar-refractivity contribution in [1.82, 2.24) is 0 Å². The number of rotatable bonds is 2. The molecule has 8 heavy (non-hydrogen) atoms. The maximum Gasteiger partial charge on any atom is 0.166 e. The van der Waals surface area contributed by atoms with Gasteiger partial charge >= 0.3 is 0 Å². The molecule has 0 saturated carbocycles. The van der Waals surface area contributed by atoms with Crippen molar-refractivity contribution in [3.05, 3.63) is 10.6 Å². The molecule has 46 valence electrons. The molecule has 0 bridgehead atoms. The quantitative estimate of drug-likeness (QED) is 0.638. The largest absolute Gasteiger partial charge is 0.392 e. The molecule has 0 rings (SSSR count). The molecule has 0 aliphatic carbocycles. The summed E-state index contributed by atoms with van der Waals surface area (Å²) in [6.45, 7) is 1.33. The Kier molecular flexibility index (Phi) is 3.73. The summed E-state index contributed by atoms with van der Waals surface area (Å²) >= 11 is 2.95. The van der Waals surface area contributed by atoms with Crippen LogP contribution in [0.15, 0.2) is 10.6 Å². The Balaban J connectivity index is 3.80. The molecule has 0 aromatic rings. The van der Waals surface area contributed by atoms with Crippen LogP contribution in [0.3, 0.4) is 0 Å². The zero-order chi connectivity index (χ0) is 6.57. The first-order chi connectivity index (χ1) is 3.68. The molecule has 0 aliphatic rings. The molecule has 0 aromatic heterocycles. The van der Waals surface area contributed by atoms with E-state index in [0.29, 0.717) is 4.48 Å². The number of Topliss-reactive ketones (excluding diaryl/α,β-unsaturated/α-hetero) is 1. The molecule has 1 N–H and O–H groups in total. The topological polar surface area (TPSA) is 37.3 Å². The van der Waals surface area contributed by atoms with E-state index < -0.39 is 0 Å². The Morgan fingerprint density at radius 3 is 2.50 bits per heavy atom. The van der Waals surface area contributed by atoms with Crippen molar-refractivity contribution < 1.29 is 9.90 Å². The molecule has 0 fully saturated rings. The third-order valence-corrected chi connectivity index (χ3v) is 1.49. The molecule has 0 radical (unpaired) electrons. The molecule has 0 amide bonds. The molecule has 0 aromatic carbocycles. The molecule has 0 saturated heterocycles. The van der Waals surface area contributed by atoms with Crippen LogP contribution in [-0.2, 0) is 4.79 Å². The highest BCUT2D eigenvalue weighted by molar-refractivity contribution is 9.12. The van der Waals surface area contributed by atoms with Gasteiger partial charge in [-0.15, -0.1) is 0 Å². The number of allylic oxidation sites excluding steroid dienone is 1. The molecule has 0 aliphatic heterocycles. The highest BCUT2D eigenvalue weighted by atomic mass is 79.9. The van der Waals surface area contributed by atoms with Gasteiger partial charge in [-0.25, -0.2) is 0 Å². The average Bonchev–Trinajstić information content (AvgIpc) is 1.67. The summed E-state index contributed by atoms with van der Waals surface area (Å²) in [4.78, 5) is 10.3. The SMILES string of the molecule is CC(=O)C(Br)=CCO. The summed E-state index contributed by atoms with van der Waals surface area (Å²) < 4.78 is 0.431. The van der Waals surface area contributed by atoms with Crippen LogP contribution in [0.25, 0.3) is 0 Å². The van der Waals surface area contributed by atoms with Crippen LogP contribution in [-0.4, -0.2) is 17.5 Å². The second-order valence-corrected chi connectivity index (χ2v) is 2.15. The fourth-order valence-electron chi connectivity index (χ4n) is 0.224. The van der Waals surface area contributed by atoms with Crippen LogP contribution >= 0.6 is 15.9 Å².